The van der Waals surface area contributed by atoms with E-state index in [4.69, 9.17) is 10.5 Å². The number of primary amides is 1. The second kappa shape index (κ2) is 7.16. The first-order chi connectivity index (χ1) is 12.3. The predicted molar refractivity (Wildman–Crippen MR) is 91.9 cm³/mol. The van der Waals surface area contributed by atoms with E-state index < -0.39 is 21.8 Å². The fourth-order valence-electron chi connectivity index (χ4n) is 3.46. The average molecular weight is 380 g/mol. The summed E-state index contributed by atoms with van der Waals surface area (Å²) in [5, 5.41) is 0. The van der Waals surface area contributed by atoms with Crippen molar-refractivity contribution in [1.82, 2.24) is 4.90 Å². The molecule has 2 N–H and O–H groups in total. The third kappa shape index (κ3) is 3.78. The fraction of sp³-hybridized carbons (Fsp3) is 0.471. The van der Waals surface area contributed by atoms with Gasteiger partial charge in [-0.1, -0.05) is 18.2 Å². The first-order valence-electron chi connectivity index (χ1n) is 8.30. The van der Waals surface area contributed by atoms with Crippen molar-refractivity contribution < 1.29 is 27.5 Å². The maximum atomic E-state index is 12.4. The molecule has 2 fully saturated rings. The monoisotopic (exact) mass is 380 g/mol. The molecule has 2 atom stereocenters. The Bertz CT molecular complexity index is 851. The summed E-state index contributed by atoms with van der Waals surface area (Å²) in [6.45, 7) is 0.395. The molecule has 140 valence electrons. The Morgan fingerprint density at radius 2 is 2.00 bits per heavy atom. The molecule has 2 aliphatic rings. The number of hydrogen-bond donors (Lipinski definition) is 1. The molecule has 0 aromatic heterocycles. The molecule has 2 amide bonds. The number of likely N-dealkylation sites (tertiary alicyclic amines) is 1. The van der Waals surface area contributed by atoms with Gasteiger partial charge in [0.1, 0.15) is 12.6 Å². The third-order valence-corrected chi connectivity index (χ3v) is 6.29. The maximum Gasteiger partial charge on any atom is 0.249 e. The minimum absolute atomic E-state index is 0.00130. The normalized spacial score (nSPS) is 22.5. The lowest BCUT2D eigenvalue weighted by molar-refractivity contribution is -0.136. The topological polar surface area (TPSA) is 124 Å². The number of ketones is 1. The van der Waals surface area contributed by atoms with Crippen molar-refractivity contribution in [3.63, 3.8) is 0 Å². The van der Waals surface area contributed by atoms with Crippen LogP contribution in [0.5, 0.6) is 0 Å². The Morgan fingerprint density at radius 1 is 1.27 bits per heavy atom. The molecule has 2 aliphatic heterocycles. The Balaban J connectivity index is 1.63. The van der Waals surface area contributed by atoms with Gasteiger partial charge in [-0.15, -0.1) is 0 Å². The first-order valence-corrected chi connectivity index (χ1v) is 10.1. The van der Waals surface area contributed by atoms with Crippen LogP contribution in [0.4, 0.5) is 0 Å². The van der Waals surface area contributed by atoms with Crippen LogP contribution in [0, 0.1) is 0 Å². The summed E-state index contributed by atoms with van der Waals surface area (Å²) >= 11 is 0. The Labute approximate surface area is 151 Å². The van der Waals surface area contributed by atoms with E-state index in [0.717, 1.165) is 0 Å². The molecular weight excluding hydrogens is 360 g/mol. The van der Waals surface area contributed by atoms with Gasteiger partial charge < -0.3 is 15.4 Å². The van der Waals surface area contributed by atoms with Crippen molar-refractivity contribution in [3.8, 4) is 0 Å². The van der Waals surface area contributed by atoms with Crippen molar-refractivity contribution in [1.29, 1.82) is 0 Å². The van der Waals surface area contributed by atoms with Gasteiger partial charge in [0.05, 0.1) is 17.6 Å². The van der Waals surface area contributed by atoms with Crippen LogP contribution in [0.2, 0.25) is 0 Å². The molecule has 0 bridgehead atoms. The van der Waals surface area contributed by atoms with Gasteiger partial charge in [0.2, 0.25) is 11.8 Å². The summed E-state index contributed by atoms with van der Waals surface area (Å²) < 4.78 is 30.1. The van der Waals surface area contributed by atoms with Crippen LogP contribution >= 0.6 is 0 Å². The van der Waals surface area contributed by atoms with E-state index in [1.54, 1.807) is 12.1 Å². The van der Waals surface area contributed by atoms with Crippen molar-refractivity contribution in [3.05, 3.63) is 35.4 Å². The van der Waals surface area contributed by atoms with Gasteiger partial charge in [-0.3, -0.25) is 14.4 Å². The number of hydrogen-bond acceptors (Lipinski definition) is 6. The SMILES string of the molecule is NC(=O)c1ccccc1CS(=O)(=O)CCC(=O)N1CCC2OCC(=O)C21. The average Bonchev–Trinajstić information content (AvgIpc) is 3.16. The standard InChI is InChI=1S/C17H20N2O6S/c18-17(22)12-4-2-1-3-11(12)10-26(23,24)8-6-15(21)19-7-5-14-16(19)13(20)9-25-14/h1-4,14,16H,5-10H2,(H2,18,22). The zero-order valence-corrected chi connectivity index (χ0v) is 14.9. The van der Waals surface area contributed by atoms with Gasteiger partial charge in [0, 0.05) is 18.5 Å². The molecule has 2 unspecified atom stereocenters. The van der Waals surface area contributed by atoms with Gasteiger partial charge in [-0.05, 0) is 18.1 Å². The van der Waals surface area contributed by atoms with Crippen molar-refractivity contribution in [2.75, 3.05) is 18.9 Å². The molecule has 2 saturated heterocycles. The molecule has 1 aromatic carbocycles. The van der Waals surface area contributed by atoms with Crippen LogP contribution < -0.4 is 5.73 Å². The van der Waals surface area contributed by atoms with Crippen LogP contribution in [0.3, 0.4) is 0 Å². The molecule has 0 radical (unpaired) electrons. The van der Waals surface area contributed by atoms with Gasteiger partial charge in [0.15, 0.2) is 15.6 Å². The largest absolute Gasteiger partial charge is 0.368 e. The van der Waals surface area contributed by atoms with E-state index in [1.165, 1.54) is 17.0 Å². The number of rotatable bonds is 6. The van der Waals surface area contributed by atoms with E-state index in [2.05, 4.69) is 0 Å². The number of fused-ring (bicyclic) bond motifs is 1. The number of sulfone groups is 1. The van der Waals surface area contributed by atoms with E-state index >= 15 is 0 Å². The number of carbonyl (C=O) groups excluding carboxylic acids is 3. The Hall–Kier alpha value is -2.26. The highest BCUT2D eigenvalue weighted by Gasteiger charge is 2.46. The van der Waals surface area contributed by atoms with Crippen LogP contribution in [0.15, 0.2) is 24.3 Å². The van der Waals surface area contributed by atoms with Crippen LogP contribution in [-0.2, 0) is 29.9 Å². The molecule has 26 heavy (non-hydrogen) atoms. The molecule has 0 saturated carbocycles. The lowest BCUT2D eigenvalue weighted by atomic mass is 10.1. The third-order valence-electron chi connectivity index (χ3n) is 4.72. The number of nitrogens with zero attached hydrogens (tertiary/aromatic N) is 1. The van der Waals surface area contributed by atoms with Gasteiger partial charge in [-0.2, -0.15) is 0 Å². The lowest BCUT2D eigenvalue weighted by Crippen LogP contribution is -2.42. The van der Waals surface area contributed by atoms with Crippen molar-refractivity contribution in [2.24, 2.45) is 5.73 Å². The summed E-state index contributed by atoms with van der Waals surface area (Å²) in [7, 11) is -3.62. The number of ether oxygens (including phenoxy) is 1. The second-order valence-electron chi connectivity index (χ2n) is 6.50. The van der Waals surface area contributed by atoms with E-state index in [-0.39, 0.29) is 47.9 Å². The smallest absolute Gasteiger partial charge is 0.249 e. The van der Waals surface area contributed by atoms with Gasteiger partial charge in [0.25, 0.3) is 0 Å². The zero-order chi connectivity index (χ0) is 18.9. The zero-order valence-electron chi connectivity index (χ0n) is 14.1. The van der Waals surface area contributed by atoms with E-state index in [9.17, 15) is 22.8 Å². The highest BCUT2D eigenvalue weighted by Crippen LogP contribution is 2.27. The number of carbonyl (C=O) groups is 3. The fourth-order valence-corrected chi connectivity index (χ4v) is 4.81. The summed E-state index contributed by atoms with van der Waals surface area (Å²) in [5.41, 5.74) is 5.73. The predicted octanol–water partition coefficient (Wildman–Crippen LogP) is -0.341. The van der Waals surface area contributed by atoms with Gasteiger partial charge in [-0.25, -0.2) is 8.42 Å². The Kier molecular flexibility index (Phi) is 5.10. The Morgan fingerprint density at radius 3 is 2.73 bits per heavy atom. The minimum atomic E-state index is -3.62. The minimum Gasteiger partial charge on any atom is -0.368 e. The maximum absolute atomic E-state index is 12.4. The lowest BCUT2D eigenvalue weighted by Gasteiger charge is -2.21. The highest BCUT2D eigenvalue weighted by atomic mass is 32.2. The first kappa shape index (κ1) is 18.5. The van der Waals surface area contributed by atoms with Crippen LogP contribution in [0.25, 0.3) is 0 Å². The van der Waals surface area contributed by atoms with E-state index in [1.807, 2.05) is 0 Å². The molecule has 8 nitrogen and oxygen atoms in total. The molecular formula is C17H20N2O6S. The van der Waals surface area contributed by atoms with Gasteiger partial charge >= 0.3 is 0 Å². The summed E-state index contributed by atoms with van der Waals surface area (Å²) in [4.78, 5) is 37.1. The van der Waals surface area contributed by atoms with E-state index in [0.29, 0.717) is 18.5 Å². The van der Waals surface area contributed by atoms with Crippen LogP contribution in [-0.4, -0.2) is 62.0 Å². The highest BCUT2D eigenvalue weighted by molar-refractivity contribution is 7.90. The molecule has 0 spiro atoms. The summed E-state index contributed by atoms with van der Waals surface area (Å²) in [6.07, 6.45) is 0.101. The summed E-state index contributed by atoms with van der Waals surface area (Å²) in [5.74, 6) is -1.94. The van der Waals surface area contributed by atoms with Crippen molar-refractivity contribution in [2.45, 2.75) is 30.7 Å². The number of nitrogens with two attached hydrogens (primary N) is 1. The number of Topliss-reactive ketones (excluding diaryl/α,β-unsaturated/α-hetero) is 1. The van der Waals surface area contributed by atoms with Crippen LogP contribution in [0.1, 0.15) is 28.8 Å². The molecule has 0 aliphatic carbocycles. The molecule has 1 aromatic rings. The van der Waals surface area contributed by atoms with Crippen molar-refractivity contribution >= 4 is 27.4 Å². The molecule has 3 rings (SSSR count). The number of amides is 2. The second-order valence-corrected chi connectivity index (χ2v) is 8.68. The molecule has 9 heteroatoms. The quantitative estimate of drug-likeness (QED) is 0.720. The summed E-state index contributed by atoms with van der Waals surface area (Å²) in [6, 6.07) is 5.64. The number of benzene rings is 1. The molecule has 2 heterocycles.